The van der Waals surface area contributed by atoms with E-state index in [1.807, 2.05) is 0 Å². The van der Waals surface area contributed by atoms with Gasteiger partial charge in [-0.25, -0.2) is 0 Å². The van der Waals surface area contributed by atoms with Crippen LogP contribution in [0.5, 0.6) is 0 Å². The fraction of sp³-hybridized carbons (Fsp3) is 0.467. The van der Waals surface area contributed by atoms with Crippen LogP contribution in [0, 0.1) is 0 Å². The number of carbonyl (C=O) groups is 2. The van der Waals surface area contributed by atoms with Crippen LogP contribution in [0.2, 0.25) is 10.0 Å². The predicted molar refractivity (Wildman–Crippen MR) is 83.6 cm³/mol. The number of benzene rings is 1. The number of halogens is 2. The third-order valence-electron chi connectivity index (χ3n) is 3.69. The van der Waals surface area contributed by atoms with Gasteiger partial charge in [0.25, 0.3) is 0 Å². The number of amides is 2. The molecule has 21 heavy (non-hydrogen) atoms. The number of nitrogens with zero attached hydrogens (tertiary/aromatic N) is 2. The first-order valence-electron chi connectivity index (χ1n) is 6.85. The van der Waals surface area contributed by atoms with Crippen LogP contribution in [0.1, 0.15) is 18.4 Å². The summed E-state index contributed by atoms with van der Waals surface area (Å²) in [5.41, 5.74) is 0.619. The Morgan fingerprint density at radius 3 is 2.48 bits per heavy atom. The molecule has 0 spiro atoms. The molecule has 0 saturated carbocycles. The number of rotatable bonds is 3. The number of hydrogen-bond acceptors (Lipinski definition) is 2. The number of likely N-dealkylation sites (N-methyl/N-ethyl adjacent to an activating group) is 1. The first kappa shape index (κ1) is 16.1. The van der Waals surface area contributed by atoms with E-state index in [2.05, 4.69) is 0 Å². The Labute approximate surface area is 134 Å². The zero-order valence-electron chi connectivity index (χ0n) is 12.1. The Kier molecular flexibility index (Phi) is 5.12. The molecule has 1 aromatic rings. The minimum atomic E-state index is -0.367. The van der Waals surface area contributed by atoms with Gasteiger partial charge in [0.05, 0.1) is 6.42 Å². The van der Waals surface area contributed by atoms with Gasteiger partial charge in [-0.1, -0.05) is 29.3 Å². The second-order valence-corrected chi connectivity index (χ2v) is 6.17. The number of hydrogen-bond donors (Lipinski definition) is 0. The molecule has 1 atom stereocenters. The maximum atomic E-state index is 12.5. The highest BCUT2D eigenvalue weighted by Crippen LogP contribution is 2.27. The molecular formula is C15H18Cl2N2O2. The van der Waals surface area contributed by atoms with Crippen molar-refractivity contribution in [1.82, 2.24) is 9.80 Å². The summed E-state index contributed by atoms with van der Waals surface area (Å²) < 4.78 is 0. The van der Waals surface area contributed by atoms with Crippen molar-refractivity contribution in [3.05, 3.63) is 33.8 Å². The monoisotopic (exact) mass is 328 g/mol. The average molecular weight is 329 g/mol. The molecule has 0 bridgehead atoms. The van der Waals surface area contributed by atoms with Crippen LogP contribution in [0.25, 0.3) is 0 Å². The van der Waals surface area contributed by atoms with Crippen molar-refractivity contribution in [1.29, 1.82) is 0 Å². The lowest BCUT2D eigenvalue weighted by Gasteiger charge is -2.26. The highest BCUT2D eigenvalue weighted by molar-refractivity contribution is 6.36. The molecule has 0 N–H and O–H groups in total. The molecule has 1 aliphatic rings. The van der Waals surface area contributed by atoms with E-state index in [4.69, 9.17) is 23.2 Å². The highest BCUT2D eigenvalue weighted by Gasteiger charge is 2.35. The fourth-order valence-corrected chi connectivity index (χ4v) is 3.11. The van der Waals surface area contributed by atoms with Gasteiger partial charge in [-0.2, -0.15) is 0 Å². The van der Waals surface area contributed by atoms with Gasteiger partial charge in [0, 0.05) is 30.7 Å². The third-order valence-corrected chi connectivity index (χ3v) is 4.40. The van der Waals surface area contributed by atoms with E-state index in [0.717, 1.165) is 6.42 Å². The van der Waals surface area contributed by atoms with Crippen LogP contribution >= 0.6 is 23.2 Å². The maximum absolute atomic E-state index is 12.5. The van der Waals surface area contributed by atoms with Gasteiger partial charge < -0.3 is 9.80 Å². The van der Waals surface area contributed by atoms with Gasteiger partial charge in [0.1, 0.15) is 6.04 Å². The molecule has 4 nitrogen and oxygen atoms in total. The minimum Gasteiger partial charge on any atom is -0.347 e. The summed E-state index contributed by atoms with van der Waals surface area (Å²) in [5.74, 6) is -0.145. The molecule has 6 heteroatoms. The molecule has 0 aliphatic carbocycles. The van der Waals surface area contributed by atoms with Crippen molar-refractivity contribution in [3.63, 3.8) is 0 Å². The predicted octanol–water partition coefficient (Wildman–Crippen LogP) is 2.62. The Balaban J connectivity index is 2.14. The average Bonchev–Trinajstić information content (AvgIpc) is 2.91. The molecule has 1 aromatic carbocycles. The lowest BCUT2D eigenvalue weighted by atomic mass is 10.1. The third kappa shape index (κ3) is 3.50. The quantitative estimate of drug-likeness (QED) is 0.855. The van der Waals surface area contributed by atoms with Gasteiger partial charge >= 0.3 is 0 Å². The second kappa shape index (κ2) is 6.67. The van der Waals surface area contributed by atoms with Crippen LogP contribution in [0.3, 0.4) is 0 Å². The summed E-state index contributed by atoms with van der Waals surface area (Å²) in [5, 5.41) is 0.955. The van der Waals surface area contributed by atoms with Gasteiger partial charge in [-0.05, 0) is 30.5 Å². The van der Waals surface area contributed by atoms with Crippen molar-refractivity contribution >= 4 is 35.0 Å². The molecule has 1 aliphatic heterocycles. The van der Waals surface area contributed by atoms with Crippen LogP contribution in [0.15, 0.2) is 18.2 Å². The Morgan fingerprint density at radius 2 is 1.90 bits per heavy atom. The van der Waals surface area contributed by atoms with Crippen LogP contribution in [-0.4, -0.2) is 48.3 Å². The molecule has 2 rings (SSSR count). The summed E-state index contributed by atoms with van der Waals surface area (Å²) in [6.07, 6.45) is 1.67. The number of carbonyl (C=O) groups excluding carboxylic acids is 2. The van der Waals surface area contributed by atoms with E-state index in [1.165, 1.54) is 4.90 Å². The number of likely N-dealkylation sites (tertiary alicyclic amines) is 1. The molecule has 0 aromatic heterocycles. The smallest absolute Gasteiger partial charge is 0.244 e. The van der Waals surface area contributed by atoms with Gasteiger partial charge in [0.15, 0.2) is 0 Å². The molecule has 1 fully saturated rings. The Bertz CT molecular complexity index is 540. The summed E-state index contributed by atoms with van der Waals surface area (Å²) >= 11 is 12.2. The van der Waals surface area contributed by atoms with E-state index in [-0.39, 0.29) is 24.3 Å². The standard InChI is InChI=1S/C15H18Cl2N2O2/c1-18(2)15(21)13-7-4-8-19(13)14(20)9-10-11(16)5-3-6-12(10)17/h3,5-6,13H,4,7-9H2,1-2H3. The van der Waals surface area contributed by atoms with Crippen LogP contribution < -0.4 is 0 Å². The summed E-state index contributed by atoms with van der Waals surface area (Å²) in [6.45, 7) is 0.602. The summed E-state index contributed by atoms with van der Waals surface area (Å²) in [4.78, 5) is 27.8. The fourth-order valence-electron chi connectivity index (χ4n) is 2.57. The van der Waals surface area contributed by atoms with E-state index in [9.17, 15) is 9.59 Å². The largest absolute Gasteiger partial charge is 0.347 e. The molecular weight excluding hydrogens is 311 g/mol. The van der Waals surface area contributed by atoms with E-state index >= 15 is 0 Å². The normalized spacial score (nSPS) is 17.9. The van der Waals surface area contributed by atoms with Crippen molar-refractivity contribution in [2.45, 2.75) is 25.3 Å². The zero-order chi connectivity index (χ0) is 15.6. The molecule has 114 valence electrons. The van der Waals surface area contributed by atoms with Crippen LogP contribution in [-0.2, 0) is 16.0 Å². The molecule has 1 heterocycles. The summed E-state index contributed by atoms with van der Waals surface area (Å²) in [6, 6.07) is 4.80. The van der Waals surface area contributed by atoms with Gasteiger partial charge in [0.2, 0.25) is 11.8 Å². The van der Waals surface area contributed by atoms with Gasteiger partial charge in [-0.15, -0.1) is 0 Å². The lowest BCUT2D eigenvalue weighted by Crippen LogP contribution is -2.46. The maximum Gasteiger partial charge on any atom is 0.244 e. The minimum absolute atomic E-state index is 0.0360. The van der Waals surface area contributed by atoms with Crippen molar-refractivity contribution in [2.24, 2.45) is 0 Å². The first-order valence-corrected chi connectivity index (χ1v) is 7.61. The van der Waals surface area contributed by atoms with E-state index in [0.29, 0.717) is 28.6 Å². The molecule has 1 unspecified atom stereocenters. The molecule has 2 amide bonds. The topological polar surface area (TPSA) is 40.6 Å². The van der Waals surface area contributed by atoms with Crippen molar-refractivity contribution < 1.29 is 9.59 Å². The van der Waals surface area contributed by atoms with E-state index < -0.39 is 0 Å². The van der Waals surface area contributed by atoms with Gasteiger partial charge in [-0.3, -0.25) is 9.59 Å². The zero-order valence-corrected chi connectivity index (χ0v) is 13.6. The van der Waals surface area contributed by atoms with E-state index in [1.54, 1.807) is 37.2 Å². The Morgan fingerprint density at radius 1 is 1.29 bits per heavy atom. The van der Waals surface area contributed by atoms with Crippen LogP contribution in [0.4, 0.5) is 0 Å². The summed E-state index contributed by atoms with van der Waals surface area (Å²) in [7, 11) is 3.41. The lowest BCUT2D eigenvalue weighted by molar-refractivity contribution is -0.141. The highest BCUT2D eigenvalue weighted by atomic mass is 35.5. The molecule has 1 saturated heterocycles. The first-order chi connectivity index (χ1) is 9.91. The second-order valence-electron chi connectivity index (χ2n) is 5.35. The Hall–Kier alpha value is -1.26. The van der Waals surface area contributed by atoms with Crippen molar-refractivity contribution in [3.8, 4) is 0 Å². The molecule has 0 radical (unpaired) electrons. The SMILES string of the molecule is CN(C)C(=O)C1CCCN1C(=O)Cc1c(Cl)cccc1Cl. The van der Waals surface area contributed by atoms with Crippen molar-refractivity contribution in [2.75, 3.05) is 20.6 Å².